The van der Waals surface area contributed by atoms with Gasteiger partial charge in [0.25, 0.3) is 5.91 Å². The molecule has 2 saturated heterocycles. The van der Waals surface area contributed by atoms with Crippen molar-refractivity contribution in [3.63, 3.8) is 0 Å². The largest absolute Gasteiger partial charge is 0.364 e. The number of benzene rings is 1. The van der Waals surface area contributed by atoms with Gasteiger partial charge in [0, 0.05) is 36.8 Å². The maximum Gasteiger partial charge on any atom is 0.254 e. The molecule has 3 heterocycles. The molecule has 0 saturated carbocycles. The van der Waals surface area contributed by atoms with Crippen LogP contribution in [0.15, 0.2) is 29.2 Å². The molecule has 0 radical (unpaired) electrons. The van der Waals surface area contributed by atoms with Crippen molar-refractivity contribution in [1.29, 1.82) is 0 Å². The molecule has 3 unspecified atom stereocenters. The molecule has 1 aromatic rings. The van der Waals surface area contributed by atoms with Crippen molar-refractivity contribution < 1.29 is 9.59 Å². The number of hydrogen-bond donors (Lipinski definition) is 2. The fourth-order valence-electron chi connectivity index (χ4n) is 3.83. The number of anilines is 1. The number of thioether (sulfide) groups is 2. The summed E-state index contributed by atoms with van der Waals surface area (Å²) in [6.45, 7) is 6.67. The van der Waals surface area contributed by atoms with Gasteiger partial charge in [-0.05, 0) is 30.9 Å². The van der Waals surface area contributed by atoms with Crippen LogP contribution in [0, 0.1) is 5.92 Å². The zero-order valence-electron chi connectivity index (χ0n) is 15.5. The first-order valence-corrected chi connectivity index (χ1v) is 11.5. The van der Waals surface area contributed by atoms with Gasteiger partial charge in [0.05, 0.1) is 11.3 Å². The zero-order valence-corrected chi connectivity index (χ0v) is 17.2. The number of para-hydroxylation sites is 1. The standard InChI is InChI=1S/C19H26N4O2S2/c1-2-22-8-10-23(11-9-22)19(25)13-7-12-26-17(13)21-16(24)18-20-14-5-3-4-6-15(14)27-18/h3-6,13,17-18,20H,2,7-12H2,1H3,(H,21,24). The first kappa shape index (κ1) is 19.0. The van der Waals surface area contributed by atoms with E-state index in [1.165, 1.54) is 11.8 Å². The first-order chi connectivity index (χ1) is 13.2. The van der Waals surface area contributed by atoms with Crippen LogP contribution in [0.1, 0.15) is 13.3 Å². The Bertz CT molecular complexity index is 684. The minimum absolute atomic E-state index is 0.0378. The third-order valence-electron chi connectivity index (χ3n) is 5.48. The minimum Gasteiger partial charge on any atom is -0.364 e. The smallest absolute Gasteiger partial charge is 0.254 e. The van der Waals surface area contributed by atoms with Gasteiger partial charge in [0.15, 0.2) is 5.37 Å². The highest BCUT2D eigenvalue weighted by atomic mass is 32.2. The van der Waals surface area contributed by atoms with Crippen LogP contribution in [0.2, 0.25) is 0 Å². The Labute approximate surface area is 168 Å². The third kappa shape index (κ3) is 4.07. The molecule has 4 rings (SSSR count). The van der Waals surface area contributed by atoms with Crippen molar-refractivity contribution in [3.8, 4) is 0 Å². The SMILES string of the molecule is CCN1CCN(C(=O)C2CCSC2NC(=O)C2Nc3ccccc3S2)CC1. The Balaban J connectivity index is 1.33. The lowest BCUT2D eigenvalue weighted by Crippen LogP contribution is -2.53. The number of rotatable bonds is 4. The summed E-state index contributed by atoms with van der Waals surface area (Å²) in [4.78, 5) is 31.2. The lowest BCUT2D eigenvalue weighted by molar-refractivity contribution is -0.137. The normalized spacial score (nSPS) is 27.9. The van der Waals surface area contributed by atoms with Gasteiger partial charge in [-0.1, -0.05) is 30.8 Å². The highest BCUT2D eigenvalue weighted by molar-refractivity contribution is 8.01. The molecule has 2 amide bonds. The van der Waals surface area contributed by atoms with Gasteiger partial charge in [-0.2, -0.15) is 0 Å². The van der Waals surface area contributed by atoms with Crippen molar-refractivity contribution in [2.75, 3.05) is 43.8 Å². The summed E-state index contributed by atoms with van der Waals surface area (Å²) < 4.78 is 0. The van der Waals surface area contributed by atoms with Gasteiger partial charge in [0.1, 0.15) is 0 Å². The molecular weight excluding hydrogens is 380 g/mol. The second-order valence-corrected chi connectivity index (χ2v) is 9.49. The van der Waals surface area contributed by atoms with Gasteiger partial charge >= 0.3 is 0 Å². The van der Waals surface area contributed by atoms with E-state index < -0.39 is 0 Å². The van der Waals surface area contributed by atoms with Gasteiger partial charge in [-0.15, -0.1) is 11.8 Å². The van der Waals surface area contributed by atoms with Crippen LogP contribution >= 0.6 is 23.5 Å². The van der Waals surface area contributed by atoms with Gasteiger partial charge < -0.3 is 20.4 Å². The number of amides is 2. The van der Waals surface area contributed by atoms with Crippen LogP contribution in [-0.4, -0.2) is 70.8 Å². The van der Waals surface area contributed by atoms with E-state index in [1.807, 2.05) is 29.2 Å². The number of fused-ring (bicyclic) bond motifs is 1. The van der Waals surface area contributed by atoms with E-state index >= 15 is 0 Å². The summed E-state index contributed by atoms with van der Waals surface area (Å²) in [6.07, 6.45) is 0.841. The highest BCUT2D eigenvalue weighted by Crippen LogP contribution is 2.39. The molecular formula is C19H26N4O2S2. The van der Waals surface area contributed by atoms with Crippen molar-refractivity contribution >= 4 is 41.0 Å². The van der Waals surface area contributed by atoms with Gasteiger partial charge in [-0.25, -0.2) is 0 Å². The Hall–Kier alpha value is -1.38. The monoisotopic (exact) mass is 406 g/mol. The van der Waals surface area contributed by atoms with Crippen LogP contribution in [0.5, 0.6) is 0 Å². The van der Waals surface area contributed by atoms with Crippen LogP contribution in [-0.2, 0) is 9.59 Å². The third-order valence-corrected chi connectivity index (χ3v) is 7.94. The van der Waals surface area contributed by atoms with Crippen molar-refractivity contribution in [2.45, 2.75) is 29.0 Å². The molecule has 1 aromatic carbocycles. The molecule has 2 N–H and O–H groups in total. The van der Waals surface area contributed by atoms with E-state index in [0.29, 0.717) is 0 Å². The first-order valence-electron chi connectivity index (χ1n) is 9.61. The lowest BCUT2D eigenvalue weighted by Gasteiger charge is -2.36. The predicted molar refractivity (Wildman–Crippen MR) is 111 cm³/mol. The fraction of sp³-hybridized carbons (Fsp3) is 0.579. The topological polar surface area (TPSA) is 64.7 Å². The molecule has 0 aromatic heterocycles. The van der Waals surface area contributed by atoms with Gasteiger partial charge in [-0.3, -0.25) is 9.59 Å². The fourth-order valence-corrected chi connectivity index (χ4v) is 6.18. The molecule has 3 atom stereocenters. The summed E-state index contributed by atoms with van der Waals surface area (Å²) >= 11 is 3.23. The second-order valence-electron chi connectivity index (χ2n) is 7.09. The Kier molecular flexibility index (Phi) is 5.85. The Morgan fingerprint density at radius 1 is 1.22 bits per heavy atom. The molecule has 3 aliphatic rings. The maximum absolute atomic E-state index is 13.0. The second kappa shape index (κ2) is 8.32. The Morgan fingerprint density at radius 3 is 2.74 bits per heavy atom. The van der Waals surface area contributed by atoms with E-state index in [4.69, 9.17) is 0 Å². The van der Waals surface area contributed by atoms with Crippen LogP contribution < -0.4 is 10.6 Å². The molecule has 146 valence electrons. The summed E-state index contributed by atoms with van der Waals surface area (Å²) in [5, 5.41) is 5.95. The molecule has 8 heteroatoms. The maximum atomic E-state index is 13.0. The van der Waals surface area contributed by atoms with E-state index in [1.54, 1.807) is 11.8 Å². The van der Waals surface area contributed by atoms with Crippen molar-refractivity contribution in [2.24, 2.45) is 5.92 Å². The summed E-state index contributed by atoms with van der Waals surface area (Å²) in [5.41, 5.74) is 1.00. The van der Waals surface area contributed by atoms with E-state index in [-0.39, 0.29) is 28.5 Å². The number of likely N-dealkylation sites (N-methyl/N-ethyl adjacent to an activating group) is 1. The quantitative estimate of drug-likeness (QED) is 0.796. The Morgan fingerprint density at radius 2 is 2.00 bits per heavy atom. The highest BCUT2D eigenvalue weighted by Gasteiger charge is 2.39. The molecule has 0 bridgehead atoms. The summed E-state index contributed by atoms with van der Waals surface area (Å²) in [6, 6.07) is 7.95. The number of carbonyl (C=O) groups excluding carboxylic acids is 2. The van der Waals surface area contributed by atoms with Crippen molar-refractivity contribution in [3.05, 3.63) is 24.3 Å². The van der Waals surface area contributed by atoms with Gasteiger partial charge in [0.2, 0.25) is 5.91 Å². The van der Waals surface area contributed by atoms with E-state index in [0.717, 1.165) is 55.5 Å². The number of piperazine rings is 1. The number of nitrogens with zero attached hydrogens (tertiary/aromatic N) is 2. The van der Waals surface area contributed by atoms with E-state index in [2.05, 4.69) is 22.5 Å². The summed E-state index contributed by atoms with van der Waals surface area (Å²) in [5.74, 6) is 0.975. The van der Waals surface area contributed by atoms with Crippen molar-refractivity contribution in [1.82, 2.24) is 15.1 Å². The molecule has 2 fully saturated rings. The minimum atomic E-state index is -0.326. The van der Waals surface area contributed by atoms with E-state index in [9.17, 15) is 9.59 Å². The molecule has 0 spiro atoms. The molecule has 3 aliphatic heterocycles. The number of hydrogen-bond acceptors (Lipinski definition) is 6. The zero-order chi connectivity index (χ0) is 18.8. The molecule has 0 aliphatic carbocycles. The number of nitrogens with one attached hydrogen (secondary N) is 2. The predicted octanol–water partition coefficient (Wildman–Crippen LogP) is 1.89. The molecule has 6 nitrogen and oxygen atoms in total. The van der Waals surface area contributed by atoms with Crippen LogP contribution in [0.25, 0.3) is 0 Å². The molecule has 27 heavy (non-hydrogen) atoms. The average molecular weight is 407 g/mol. The number of carbonyl (C=O) groups is 2. The van der Waals surface area contributed by atoms with Crippen LogP contribution in [0.3, 0.4) is 0 Å². The lowest BCUT2D eigenvalue weighted by atomic mass is 10.0. The van der Waals surface area contributed by atoms with Crippen LogP contribution in [0.4, 0.5) is 5.69 Å². The average Bonchev–Trinajstić information content (AvgIpc) is 3.34. The summed E-state index contributed by atoms with van der Waals surface area (Å²) in [7, 11) is 0.